The third kappa shape index (κ3) is 3.96. The zero-order valence-corrected chi connectivity index (χ0v) is 16.8. The lowest BCUT2D eigenvalue weighted by Gasteiger charge is -2.09. The summed E-state index contributed by atoms with van der Waals surface area (Å²) in [7, 11) is -0.472. The van der Waals surface area contributed by atoms with Gasteiger partial charge in [0.1, 0.15) is 4.90 Å². The Balaban J connectivity index is 1.63. The molecule has 3 aromatic rings. The minimum absolute atomic E-state index is 0.0347. The highest BCUT2D eigenvalue weighted by Gasteiger charge is 2.17. The molecule has 0 radical (unpaired) electrons. The molecule has 0 saturated carbocycles. The number of benzene rings is 2. The number of hydrogen-bond acceptors (Lipinski definition) is 4. The Labute approximate surface area is 166 Å². The van der Waals surface area contributed by atoms with Crippen molar-refractivity contribution in [2.24, 2.45) is 14.1 Å². The summed E-state index contributed by atoms with van der Waals surface area (Å²) in [6.45, 7) is -0.0779. The maximum absolute atomic E-state index is 12.2. The number of carbonyl (C=O) groups excluding carboxylic acids is 1. The summed E-state index contributed by atoms with van der Waals surface area (Å²) in [6, 6.07) is 11.2. The molecule has 0 saturated heterocycles. The standard InChI is InChI=1S/C18H19ClN4O4S/c1-22-14-8-7-12(11-15(14)23(2)18(22)25)21-17(24)9-10-20-28(26,27)16-6-4-3-5-13(16)19/h3-8,11,20H,9-10H2,1-2H3,(H,21,24). The van der Waals surface area contributed by atoms with Crippen molar-refractivity contribution < 1.29 is 13.2 Å². The second kappa shape index (κ2) is 7.78. The highest BCUT2D eigenvalue weighted by molar-refractivity contribution is 7.89. The van der Waals surface area contributed by atoms with Crippen LogP contribution in [0.2, 0.25) is 5.02 Å². The number of rotatable bonds is 6. The van der Waals surface area contributed by atoms with Gasteiger partial charge in [0.05, 0.1) is 16.1 Å². The average molecular weight is 423 g/mol. The summed E-state index contributed by atoms with van der Waals surface area (Å²) in [5.74, 6) is -0.359. The number of aromatic nitrogens is 2. The Bertz CT molecular complexity index is 1210. The molecule has 8 nitrogen and oxygen atoms in total. The van der Waals surface area contributed by atoms with Crippen molar-refractivity contribution in [1.82, 2.24) is 13.9 Å². The third-order valence-corrected chi connectivity index (χ3v) is 6.29. The smallest absolute Gasteiger partial charge is 0.326 e. The van der Waals surface area contributed by atoms with E-state index in [0.717, 1.165) is 5.52 Å². The molecule has 0 aliphatic rings. The fourth-order valence-corrected chi connectivity index (χ4v) is 4.40. The first kappa shape index (κ1) is 20.1. The second-order valence-corrected chi connectivity index (χ2v) is 8.37. The number of nitrogens with one attached hydrogen (secondary N) is 2. The van der Waals surface area contributed by atoms with Crippen molar-refractivity contribution in [3.63, 3.8) is 0 Å². The molecule has 0 unspecified atom stereocenters. The molecular weight excluding hydrogens is 404 g/mol. The molecule has 0 aliphatic heterocycles. The van der Waals surface area contributed by atoms with Crippen LogP contribution in [-0.4, -0.2) is 30.0 Å². The van der Waals surface area contributed by atoms with Crippen molar-refractivity contribution in [1.29, 1.82) is 0 Å². The Morgan fingerprint density at radius 1 is 1.07 bits per heavy atom. The summed E-state index contributed by atoms with van der Waals surface area (Å²) in [5.41, 5.74) is 1.79. The van der Waals surface area contributed by atoms with Gasteiger partial charge in [0.2, 0.25) is 15.9 Å². The number of carbonyl (C=O) groups is 1. The van der Waals surface area contributed by atoms with Crippen LogP contribution in [0.3, 0.4) is 0 Å². The number of fused-ring (bicyclic) bond motifs is 1. The minimum Gasteiger partial charge on any atom is -0.326 e. The van der Waals surface area contributed by atoms with E-state index in [4.69, 9.17) is 11.6 Å². The largest absolute Gasteiger partial charge is 0.328 e. The Hall–Kier alpha value is -2.62. The third-order valence-electron chi connectivity index (χ3n) is 4.33. The van der Waals surface area contributed by atoms with Crippen molar-refractivity contribution in [3.8, 4) is 0 Å². The van der Waals surface area contributed by atoms with Gasteiger partial charge in [-0.2, -0.15) is 0 Å². The van der Waals surface area contributed by atoms with E-state index in [2.05, 4.69) is 10.0 Å². The number of imidazole rings is 1. The van der Waals surface area contributed by atoms with Crippen LogP contribution >= 0.6 is 11.6 Å². The number of amides is 1. The summed E-state index contributed by atoms with van der Waals surface area (Å²) >= 11 is 5.91. The van der Waals surface area contributed by atoms with Crippen LogP contribution in [0.4, 0.5) is 5.69 Å². The molecule has 2 N–H and O–H groups in total. The van der Waals surface area contributed by atoms with Crippen molar-refractivity contribution in [3.05, 3.63) is 58.0 Å². The van der Waals surface area contributed by atoms with Gasteiger partial charge in [-0.3, -0.25) is 13.9 Å². The van der Waals surface area contributed by atoms with Crippen LogP contribution in [0.25, 0.3) is 11.0 Å². The molecule has 1 aromatic heterocycles. The lowest BCUT2D eigenvalue weighted by atomic mass is 10.2. The van der Waals surface area contributed by atoms with E-state index in [9.17, 15) is 18.0 Å². The minimum atomic E-state index is -3.80. The number of nitrogens with zero attached hydrogens (tertiary/aromatic N) is 2. The van der Waals surface area contributed by atoms with E-state index in [1.807, 2.05) is 0 Å². The highest BCUT2D eigenvalue weighted by atomic mass is 35.5. The van der Waals surface area contributed by atoms with Crippen LogP contribution in [0.1, 0.15) is 6.42 Å². The van der Waals surface area contributed by atoms with Gasteiger partial charge in [0, 0.05) is 32.7 Å². The Kier molecular flexibility index (Phi) is 5.59. The Morgan fingerprint density at radius 2 is 1.75 bits per heavy atom. The topological polar surface area (TPSA) is 102 Å². The molecule has 3 rings (SSSR count). The summed E-state index contributed by atoms with van der Waals surface area (Å²) in [5, 5.41) is 2.82. The molecule has 148 valence electrons. The van der Waals surface area contributed by atoms with Gasteiger partial charge in [0.25, 0.3) is 0 Å². The first-order valence-electron chi connectivity index (χ1n) is 8.40. The molecule has 0 fully saturated rings. The van der Waals surface area contributed by atoms with Crippen molar-refractivity contribution in [2.45, 2.75) is 11.3 Å². The number of halogens is 1. The van der Waals surface area contributed by atoms with Crippen LogP contribution in [-0.2, 0) is 28.9 Å². The van der Waals surface area contributed by atoms with Gasteiger partial charge in [-0.05, 0) is 30.3 Å². The van der Waals surface area contributed by atoms with Gasteiger partial charge in [-0.25, -0.2) is 17.9 Å². The van der Waals surface area contributed by atoms with E-state index >= 15 is 0 Å². The SMILES string of the molecule is Cn1c(=O)n(C)c2cc(NC(=O)CCNS(=O)(=O)c3ccccc3Cl)ccc21. The maximum Gasteiger partial charge on any atom is 0.328 e. The van der Waals surface area contributed by atoms with E-state index < -0.39 is 10.0 Å². The normalized spacial score (nSPS) is 11.7. The van der Waals surface area contributed by atoms with Crippen LogP contribution < -0.4 is 15.7 Å². The molecule has 0 atom stereocenters. The molecule has 1 heterocycles. The zero-order chi connectivity index (χ0) is 20.5. The Morgan fingerprint density at radius 3 is 2.46 bits per heavy atom. The molecule has 1 amide bonds. The molecule has 0 bridgehead atoms. The van der Waals surface area contributed by atoms with Gasteiger partial charge in [-0.15, -0.1) is 0 Å². The lowest BCUT2D eigenvalue weighted by molar-refractivity contribution is -0.116. The average Bonchev–Trinajstić information content (AvgIpc) is 2.86. The second-order valence-electron chi connectivity index (χ2n) is 6.23. The van der Waals surface area contributed by atoms with E-state index in [0.29, 0.717) is 11.2 Å². The quantitative estimate of drug-likeness (QED) is 0.632. The molecule has 2 aromatic carbocycles. The van der Waals surface area contributed by atoms with Gasteiger partial charge < -0.3 is 5.32 Å². The maximum atomic E-state index is 12.2. The zero-order valence-electron chi connectivity index (χ0n) is 15.3. The van der Waals surface area contributed by atoms with Crippen LogP contribution in [0, 0.1) is 0 Å². The molecule has 0 aliphatic carbocycles. The van der Waals surface area contributed by atoms with Crippen LogP contribution in [0.15, 0.2) is 52.2 Å². The molecule has 10 heteroatoms. The number of aryl methyl sites for hydroxylation is 2. The van der Waals surface area contributed by atoms with Gasteiger partial charge >= 0.3 is 5.69 Å². The fourth-order valence-electron chi connectivity index (χ4n) is 2.85. The monoisotopic (exact) mass is 422 g/mol. The van der Waals surface area contributed by atoms with Gasteiger partial charge in [0.15, 0.2) is 0 Å². The summed E-state index contributed by atoms with van der Waals surface area (Å²) in [4.78, 5) is 24.1. The predicted molar refractivity (Wildman–Crippen MR) is 108 cm³/mol. The lowest BCUT2D eigenvalue weighted by Crippen LogP contribution is -2.28. The highest BCUT2D eigenvalue weighted by Crippen LogP contribution is 2.20. The molecular formula is C18H19ClN4O4S. The van der Waals surface area contributed by atoms with Crippen molar-refractivity contribution >= 4 is 44.3 Å². The fraction of sp³-hybridized carbons (Fsp3) is 0.222. The predicted octanol–water partition coefficient (Wildman–Crippen LogP) is 1.84. The number of hydrogen-bond donors (Lipinski definition) is 2. The summed E-state index contributed by atoms with van der Waals surface area (Å²) < 4.78 is 29.9. The van der Waals surface area contributed by atoms with E-state index in [1.54, 1.807) is 44.4 Å². The van der Waals surface area contributed by atoms with Gasteiger partial charge in [-0.1, -0.05) is 23.7 Å². The van der Waals surface area contributed by atoms with E-state index in [-0.39, 0.29) is 34.5 Å². The number of sulfonamides is 1. The first-order valence-corrected chi connectivity index (χ1v) is 10.3. The van der Waals surface area contributed by atoms with E-state index in [1.165, 1.54) is 21.3 Å². The number of anilines is 1. The first-order chi connectivity index (χ1) is 13.2. The van der Waals surface area contributed by atoms with Crippen molar-refractivity contribution in [2.75, 3.05) is 11.9 Å². The summed E-state index contributed by atoms with van der Waals surface area (Å²) in [6.07, 6.45) is -0.0601. The molecule has 28 heavy (non-hydrogen) atoms. The van der Waals surface area contributed by atoms with Crippen LogP contribution in [0.5, 0.6) is 0 Å². The molecule has 0 spiro atoms.